The average molecular weight is 169 g/mol. The molecular formula is C9H19N3. The third-order valence-corrected chi connectivity index (χ3v) is 2.32. The SMILES string of the molecule is CCN=C(N)N1CCC(C)(C)C1. The zero-order chi connectivity index (χ0) is 9.19. The fourth-order valence-corrected chi connectivity index (χ4v) is 1.57. The van der Waals surface area contributed by atoms with E-state index in [2.05, 4.69) is 23.7 Å². The number of nitrogens with two attached hydrogens (primary N) is 1. The van der Waals surface area contributed by atoms with Gasteiger partial charge in [-0.2, -0.15) is 0 Å². The third kappa shape index (κ3) is 2.13. The molecule has 3 nitrogen and oxygen atoms in total. The molecule has 0 spiro atoms. The van der Waals surface area contributed by atoms with E-state index in [4.69, 9.17) is 5.73 Å². The molecule has 0 atom stereocenters. The molecule has 0 aromatic carbocycles. The van der Waals surface area contributed by atoms with Gasteiger partial charge < -0.3 is 10.6 Å². The van der Waals surface area contributed by atoms with Crippen LogP contribution >= 0.6 is 0 Å². The Kier molecular flexibility index (Phi) is 2.60. The van der Waals surface area contributed by atoms with E-state index in [0.717, 1.165) is 19.6 Å². The number of rotatable bonds is 1. The molecule has 0 saturated carbocycles. The Morgan fingerprint density at radius 3 is 2.67 bits per heavy atom. The highest BCUT2D eigenvalue weighted by Gasteiger charge is 2.29. The second-order valence-corrected chi connectivity index (χ2v) is 4.17. The molecule has 1 heterocycles. The minimum absolute atomic E-state index is 0.411. The van der Waals surface area contributed by atoms with Gasteiger partial charge in [0.05, 0.1) is 0 Å². The maximum atomic E-state index is 5.79. The number of nitrogens with zero attached hydrogens (tertiary/aromatic N) is 2. The molecule has 2 N–H and O–H groups in total. The molecule has 70 valence electrons. The summed E-state index contributed by atoms with van der Waals surface area (Å²) in [5.74, 6) is 0.711. The predicted octanol–water partition coefficient (Wildman–Crippen LogP) is 1.05. The fourth-order valence-electron chi connectivity index (χ4n) is 1.57. The van der Waals surface area contributed by atoms with E-state index in [1.807, 2.05) is 6.92 Å². The number of likely N-dealkylation sites (tertiary alicyclic amines) is 1. The van der Waals surface area contributed by atoms with Crippen molar-refractivity contribution in [3.63, 3.8) is 0 Å². The Morgan fingerprint density at radius 2 is 2.25 bits per heavy atom. The van der Waals surface area contributed by atoms with Crippen molar-refractivity contribution in [1.29, 1.82) is 0 Å². The van der Waals surface area contributed by atoms with Crippen molar-refractivity contribution in [2.45, 2.75) is 27.2 Å². The first kappa shape index (κ1) is 9.36. The van der Waals surface area contributed by atoms with Gasteiger partial charge in [0.2, 0.25) is 0 Å². The van der Waals surface area contributed by atoms with Crippen LogP contribution in [0.3, 0.4) is 0 Å². The maximum Gasteiger partial charge on any atom is 0.191 e. The summed E-state index contributed by atoms with van der Waals surface area (Å²) in [6, 6.07) is 0. The van der Waals surface area contributed by atoms with Crippen LogP contribution in [0, 0.1) is 5.41 Å². The van der Waals surface area contributed by atoms with Crippen molar-refractivity contribution in [2.75, 3.05) is 19.6 Å². The highest BCUT2D eigenvalue weighted by molar-refractivity contribution is 5.78. The minimum atomic E-state index is 0.411. The van der Waals surface area contributed by atoms with Crippen molar-refractivity contribution in [2.24, 2.45) is 16.1 Å². The van der Waals surface area contributed by atoms with Crippen LogP contribution in [0.15, 0.2) is 4.99 Å². The molecule has 1 fully saturated rings. The van der Waals surface area contributed by atoms with E-state index in [1.54, 1.807) is 0 Å². The first-order valence-electron chi connectivity index (χ1n) is 4.60. The summed E-state index contributed by atoms with van der Waals surface area (Å²) in [4.78, 5) is 6.36. The van der Waals surface area contributed by atoms with Gasteiger partial charge in [-0.1, -0.05) is 13.8 Å². The number of aliphatic imine (C=N–C) groups is 1. The fraction of sp³-hybridized carbons (Fsp3) is 0.889. The molecule has 1 aliphatic rings. The molecule has 3 heteroatoms. The van der Waals surface area contributed by atoms with E-state index in [1.165, 1.54) is 6.42 Å². The summed E-state index contributed by atoms with van der Waals surface area (Å²) in [5.41, 5.74) is 6.20. The van der Waals surface area contributed by atoms with Gasteiger partial charge >= 0.3 is 0 Å². The van der Waals surface area contributed by atoms with Gasteiger partial charge in [-0.25, -0.2) is 0 Å². The molecular weight excluding hydrogens is 150 g/mol. The van der Waals surface area contributed by atoms with Crippen molar-refractivity contribution in [3.8, 4) is 0 Å². The van der Waals surface area contributed by atoms with Crippen LogP contribution in [0.2, 0.25) is 0 Å². The predicted molar refractivity (Wildman–Crippen MR) is 52.1 cm³/mol. The molecule has 1 aliphatic heterocycles. The van der Waals surface area contributed by atoms with Gasteiger partial charge in [0.25, 0.3) is 0 Å². The lowest BCUT2D eigenvalue weighted by Gasteiger charge is -2.20. The Labute approximate surface area is 74.6 Å². The largest absolute Gasteiger partial charge is 0.370 e. The molecule has 0 aromatic heterocycles. The third-order valence-electron chi connectivity index (χ3n) is 2.32. The highest BCUT2D eigenvalue weighted by atomic mass is 15.3. The Hall–Kier alpha value is -0.730. The number of hydrogen-bond donors (Lipinski definition) is 1. The van der Waals surface area contributed by atoms with Crippen LogP contribution in [-0.4, -0.2) is 30.5 Å². The van der Waals surface area contributed by atoms with E-state index in [9.17, 15) is 0 Å². The first-order valence-corrected chi connectivity index (χ1v) is 4.60. The van der Waals surface area contributed by atoms with Crippen LogP contribution in [0.5, 0.6) is 0 Å². The van der Waals surface area contributed by atoms with Crippen LogP contribution in [0.4, 0.5) is 0 Å². The average Bonchev–Trinajstić information content (AvgIpc) is 2.31. The molecule has 0 radical (unpaired) electrons. The molecule has 0 aliphatic carbocycles. The molecule has 1 rings (SSSR count). The smallest absolute Gasteiger partial charge is 0.191 e. The normalized spacial score (nSPS) is 23.2. The van der Waals surface area contributed by atoms with E-state index < -0.39 is 0 Å². The number of hydrogen-bond acceptors (Lipinski definition) is 1. The molecule has 0 aromatic rings. The number of guanidine groups is 1. The minimum Gasteiger partial charge on any atom is -0.370 e. The monoisotopic (exact) mass is 169 g/mol. The standard InChI is InChI=1S/C9H19N3/c1-4-11-8(10)12-6-5-9(2,3)7-12/h4-7H2,1-3H3,(H2,10,11). The topological polar surface area (TPSA) is 41.6 Å². The van der Waals surface area contributed by atoms with Crippen molar-refractivity contribution in [3.05, 3.63) is 0 Å². The highest BCUT2D eigenvalue weighted by Crippen LogP contribution is 2.28. The summed E-state index contributed by atoms with van der Waals surface area (Å²) in [6.45, 7) is 9.43. The van der Waals surface area contributed by atoms with Crippen LogP contribution in [0.1, 0.15) is 27.2 Å². The lowest BCUT2D eigenvalue weighted by atomic mass is 9.93. The summed E-state index contributed by atoms with van der Waals surface area (Å²) in [5, 5.41) is 0. The molecule has 0 bridgehead atoms. The lowest BCUT2D eigenvalue weighted by Crippen LogP contribution is -2.36. The quantitative estimate of drug-likeness (QED) is 0.471. The summed E-state index contributed by atoms with van der Waals surface area (Å²) < 4.78 is 0. The lowest BCUT2D eigenvalue weighted by molar-refractivity contribution is 0.373. The Morgan fingerprint density at radius 1 is 1.58 bits per heavy atom. The van der Waals surface area contributed by atoms with Crippen molar-refractivity contribution < 1.29 is 0 Å². The molecule has 12 heavy (non-hydrogen) atoms. The van der Waals surface area contributed by atoms with Gasteiger partial charge in [0.1, 0.15) is 0 Å². The van der Waals surface area contributed by atoms with E-state index in [-0.39, 0.29) is 0 Å². The van der Waals surface area contributed by atoms with E-state index in [0.29, 0.717) is 11.4 Å². The van der Waals surface area contributed by atoms with Gasteiger partial charge in [0, 0.05) is 19.6 Å². The van der Waals surface area contributed by atoms with Crippen LogP contribution < -0.4 is 5.73 Å². The van der Waals surface area contributed by atoms with Crippen LogP contribution in [0.25, 0.3) is 0 Å². The Bertz CT molecular complexity index is 184. The molecule has 0 unspecified atom stereocenters. The zero-order valence-electron chi connectivity index (χ0n) is 8.30. The first-order chi connectivity index (χ1) is 5.55. The summed E-state index contributed by atoms with van der Waals surface area (Å²) in [6.07, 6.45) is 1.22. The second-order valence-electron chi connectivity index (χ2n) is 4.17. The van der Waals surface area contributed by atoms with Gasteiger partial charge in [0.15, 0.2) is 5.96 Å². The zero-order valence-corrected chi connectivity index (χ0v) is 8.30. The van der Waals surface area contributed by atoms with Gasteiger partial charge in [-0.3, -0.25) is 4.99 Å². The Balaban J connectivity index is 2.52. The van der Waals surface area contributed by atoms with Crippen molar-refractivity contribution >= 4 is 5.96 Å². The molecule has 0 amide bonds. The maximum absolute atomic E-state index is 5.79. The van der Waals surface area contributed by atoms with Crippen molar-refractivity contribution in [1.82, 2.24) is 4.90 Å². The summed E-state index contributed by atoms with van der Waals surface area (Å²) >= 11 is 0. The second kappa shape index (κ2) is 3.33. The van der Waals surface area contributed by atoms with Gasteiger partial charge in [-0.05, 0) is 18.8 Å². The van der Waals surface area contributed by atoms with Crippen LogP contribution in [-0.2, 0) is 0 Å². The molecule has 1 saturated heterocycles. The van der Waals surface area contributed by atoms with E-state index >= 15 is 0 Å². The van der Waals surface area contributed by atoms with Gasteiger partial charge in [-0.15, -0.1) is 0 Å². The summed E-state index contributed by atoms with van der Waals surface area (Å²) in [7, 11) is 0.